The number of nitrogens with one attached hydrogen (secondary N) is 1. The molecule has 0 unspecified atom stereocenters. The molecule has 3 aromatic rings. The Kier molecular flexibility index (Phi) is 6.21. The zero-order chi connectivity index (χ0) is 20.3. The molecule has 0 aliphatic heterocycles. The van der Waals surface area contributed by atoms with Crippen LogP contribution in [0.3, 0.4) is 0 Å². The van der Waals surface area contributed by atoms with E-state index in [1.807, 2.05) is 39.0 Å². The second-order valence-corrected chi connectivity index (χ2v) is 8.65. The fourth-order valence-corrected chi connectivity index (χ4v) is 4.22. The van der Waals surface area contributed by atoms with Gasteiger partial charge in [0.1, 0.15) is 16.5 Å². The van der Waals surface area contributed by atoms with Gasteiger partial charge in [-0.05, 0) is 44.9 Å². The molecular formula is C20H21N3O3S2. The number of aromatic nitrogens is 2. The van der Waals surface area contributed by atoms with Crippen molar-refractivity contribution < 1.29 is 14.3 Å². The molecule has 0 aliphatic rings. The molecule has 2 heterocycles. The zero-order valence-corrected chi connectivity index (χ0v) is 17.8. The van der Waals surface area contributed by atoms with E-state index >= 15 is 0 Å². The Morgan fingerprint density at radius 1 is 1.14 bits per heavy atom. The van der Waals surface area contributed by atoms with Crippen molar-refractivity contribution in [1.82, 2.24) is 9.97 Å². The van der Waals surface area contributed by atoms with Gasteiger partial charge in [0.15, 0.2) is 0 Å². The number of esters is 1. The molecule has 8 heteroatoms. The monoisotopic (exact) mass is 415 g/mol. The summed E-state index contributed by atoms with van der Waals surface area (Å²) < 4.78 is 5.33. The van der Waals surface area contributed by atoms with E-state index in [0.717, 1.165) is 21.8 Å². The van der Waals surface area contributed by atoms with E-state index in [2.05, 4.69) is 15.3 Å². The van der Waals surface area contributed by atoms with Gasteiger partial charge in [-0.15, -0.1) is 22.7 Å². The van der Waals surface area contributed by atoms with Crippen molar-refractivity contribution >= 4 is 40.2 Å². The molecule has 0 fully saturated rings. The Morgan fingerprint density at radius 2 is 1.93 bits per heavy atom. The third-order valence-corrected chi connectivity index (χ3v) is 5.97. The molecule has 0 aliphatic carbocycles. The van der Waals surface area contributed by atoms with Gasteiger partial charge < -0.3 is 10.1 Å². The first-order chi connectivity index (χ1) is 13.3. The minimum atomic E-state index is -0.398. The fraction of sp³-hybridized carbons (Fsp3) is 0.300. The molecule has 0 bridgehead atoms. The Balaban J connectivity index is 1.55. The lowest BCUT2D eigenvalue weighted by atomic mass is 10.1. The van der Waals surface area contributed by atoms with Gasteiger partial charge in [-0.1, -0.05) is 12.1 Å². The van der Waals surface area contributed by atoms with Crippen LogP contribution in [-0.4, -0.2) is 21.8 Å². The summed E-state index contributed by atoms with van der Waals surface area (Å²) in [5.41, 5.74) is 4.22. The smallest absolute Gasteiger partial charge is 0.350 e. The van der Waals surface area contributed by atoms with Gasteiger partial charge in [0.2, 0.25) is 5.91 Å². The molecule has 1 N–H and O–H groups in total. The molecule has 0 radical (unpaired) electrons. The number of rotatable bonds is 6. The van der Waals surface area contributed by atoms with E-state index in [9.17, 15) is 9.59 Å². The normalized spacial score (nSPS) is 10.7. The molecule has 6 nitrogen and oxygen atoms in total. The lowest BCUT2D eigenvalue weighted by molar-refractivity contribution is -0.115. The average molecular weight is 416 g/mol. The predicted molar refractivity (Wildman–Crippen MR) is 111 cm³/mol. The van der Waals surface area contributed by atoms with Crippen LogP contribution in [-0.2, 0) is 22.6 Å². The molecular weight excluding hydrogens is 394 g/mol. The van der Waals surface area contributed by atoms with Crippen LogP contribution in [0.5, 0.6) is 0 Å². The number of aryl methyl sites for hydroxylation is 4. The molecule has 2 aromatic heterocycles. The Morgan fingerprint density at radius 3 is 2.64 bits per heavy atom. The Labute approximate surface area is 171 Å². The van der Waals surface area contributed by atoms with Gasteiger partial charge in [-0.2, -0.15) is 0 Å². The van der Waals surface area contributed by atoms with Crippen molar-refractivity contribution in [2.24, 2.45) is 0 Å². The van der Waals surface area contributed by atoms with Gasteiger partial charge in [0.25, 0.3) is 0 Å². The molecule has 1 aromatic carbocycles. The summed E-state index contributed by atoms with van der Waals surface area (Å²) in [4.78, 5) is 33.6. The second kappa shape index (κ2) is 8.62. The number of anilines is 1. The van der Waals surface area contributed by atoms with Crippen LogP contribution in [0.2, 0.25) is 0 Å². The maximum Gasteiger partial charge on any atom is 0.350 e. The summed E-state index contributed by atoms with van der Waals surface area (Å²) in [6, 6.07) is 5.94. The highest BCUT2D eigenvalue weighted by molar-refractivity contribution is 7.13. The zero-order valence-electron chi connectivity index (χ0n) is 16.2. The van der Waals surface area contributed by atoms with Crippen molar-refractivity contribution in [2.75, 3.05) is 5.32 Å². The topological polar surface area (TPSA) is 81.2 Å². The molecule has 28 heavy (non-hydrogen) atoms. The van der Waals surface area contributed by atoms with Crippen molar-refractivity contribution in [3.05, 3.63) is 61.0 Å². The number of hydrogen-bond donors (Lipinski definition) is 1. The first kappa shape index (κ1) is 20.2. The fourth-order valence-electron chi connectivity index (χ4n) is 2.62. The molecule has 0 saturated heterocycles. The van der Waals surface area contributed by atoms with Crippen molar-refractivity contribution in [1.29, 1.82) is 0 Å². The van der Waals surface area contributed by atoms with E-state index < -0.39 is 5.97 Å². The van der Waals surface area contributed by atoms with Gasteiger partial charge in [0.05, 0.1) is 22.8 Å². The first-order valence-electron chi connectivity index (χ1n) is 8.73. The number of thiazole rings is 2. The van der Waals surface area contributed by atoms with Crippen LogP contribution in [0.25, 0.3) is 0 Å². The minimum Gasteiger partial charge on any atom is -0.455 e. The average Bonchev–Trinajstić information content (AvgIpc) is 3.21. The quantitative estimate of drug-likeness (QED) is 0.605. The van der Waals surface area contributed by atoms with E-state index in [-0.39, 0.29) is 18.9 Å². The molecule has 3 rings (SSSR count). The third kappa shape index (κ3) is 5.02. The Hall–Kier alpha value is -2.58. The SMILES string of the molecule is Cc1ccc(C)c(NC(=O)Cc2nc(COC(=O)c3sc(C)nc3C)cs2)c1. The number of carbonyl (C=O) groups excluding carboxylic acids is 2. The number of carbonyl (C=O) groups is 2. The summed E-state index contributed by atoms with van der Waals surface area (Å²) in [5.74, 6) is -0.521. The molecule has 1 amide bonds. The van der Waals surface area contributed by atoms with Gasteiger partial charge in [-0.25, -0.2) is 14.8 Å². The van der Waals surface area contributed by atoms with Crippen LogP contribution >= 0.6 is 22.7 Å². The van der Waals surface area contributed by atoms with Gasteiger partial charge in [0, 0.05) is 11.1 Å². The molecule has 0 spiro atoms. The standard InChI is InChI=1S/C20H21N3O3S2/c1-11-5-6-12(2)16(7-11)23-17(24)8-18-22-15(10-27-18)9-26-20(25)19-13(3)21-14(4)28-19/h5-7,10H,8-9H2,1-4H3,(H,23,24). The van der Waals surface area contributed by atoms with Gasteiger partial charge in [-0.3, -0.25) is 4.79 Å². The highest BCUT2D eigenvalue weighted by Crippen LogP contribution is 2.20. The summed E-state index contributed by atoms with van der Waals surface area (Å²) in [7, 11) is 0. The van der Waals surface area contributed by atoms with E-state index in [1.54, 1.807) is 12.3 Å². The lowest BCUT2D eigenvalue weighted by Crippen LogP contribution is -2.15. The summed E-state index contributed by atoms with van der Waals surface area (Å²) in [6.07, 6.45) is 0.180. The van der Waals surface area contributed by atoms with Crippen molar-refractivity contribution in [3.8, 4) is 0 Å². The predicted octanol–water partition coefficient (Wildman–Crippen LogP) is 4.37. The van der Waals surface area contributed by atoms with Crippen LogP contribution in [0.15, 0.2) is 23.6 Å². The molecule has 146 valence electrons. The number of hydrogen-bond acceptors (Lipinski definition) is 7. The summed E-state index contributed by atoms with van der Waals surface area (Å²) >= 11 is 2.70. The van der Waals surface area contributed by atoms with Crippen LogP contribution in [0.4, 0.5) is 5.69 Å². The number of ether oxygens (including phenoxy) is 1. The maximum atomic E-state index is 12.3. The minimum absolute atomic E-state index is 0.0737. The van der Waals surface area contributed by atoms with E-state index in [4.69, 9.17) is 4.74 Å². The van der Waals surface area contributed by atoms with Crippen molar-refractivity contribution in [2.45, 2.75) is 40.7 Å². The van der Waals surface area contributed by atoms with Crippen LogP contribution < -0.4 is 5.32 Å². The first-order valence-corrected chi connectivity index (χ1v) is 10.4. The lowest BCUT2D eigenvalue weighted by Gasteiger charge is -2.08. The van der Waals surface area contributed by atoms with Crippen LogP contribution in [0, 0.1) is 27.7 Å². The Bertz CT molecular complexity index is 1020. The largest absolute Gasteiger partial charge is 0.455 e. The summed E-state index contributed by atoms with van der Waals surface area (Å²) in [5, 5.41) is 6.24. The maximum absolute atomic E-state index is 12.3. The van der Waals surface area contributed by atoms with E-state index in [1.165, 1.54) is 22.7 Å². The van der Waals surface area contributed by atoms with Crippen molar-refractivity contribution in [3.63, 3.8) is 0 Å². The van der Waals surface area contributed by atoms with E-state index in [0.29, 0.717) is 21.3 Å². The summed E-state index contributed by atoms with van der Waals surface area (Å²) in [6.45, 7) is 7.65. The highest BCUT2D eigenvalue weighted by Gasteiger charge is 2.16. The number of nitrogens with zero attached hydrogens (tertiary/aromatic N) is 2. The van der Waals surface area contributed by atoms with Crippen LogP contribution in [0.1, 0.15) is 42.2 Å². The third-order valence-electron chi connectivity index (χ3n) is 4.02. The number of amides is 1. The number of benzene rings is 1. The highest BCUT2D eigenvalue weighted by atomic mass is 32.1. The second-order valence-electron chi connectivity index (χ2n) is 6.50. The molecule has 0 saturated carbocycles. The van der Waals surface area contributed by atoms with Gasteiger partial charge >= 0.3 is 5.97 Å². The molecule has 0 atom stereocenters.